The Morgan fingerprint density at radius 3 is 2.00 bits per heavy atom. The average molecular weight is 203 g/mol. The van der Waals surface area contributed by atoms with Gasteiger partial charge in [-0.05, 0) is 32.4 Å². The van der Waals surface area contributed by atoms with E-state index in [4.69, 9.17) is 5.14 Å². The van der Waals surface area contributed by atoms with Gasteiger partial charge in [-0.1, -0.05) is 6.08 Å². The molecule has 5 heteroatoms. The van der Waals surface area contributed by atoms with E-state index in [1.165, 1.54) is 26.0 Å². The normalized spacial score (nSPS) is 14.5. The Labute approximate surface area is 78.2 Å². The number of rotatable bonds is 3. The first-order valence-electron chi connectivity index (χ1n) is 3.67. The Hall–Kier alpha value is -0.940. The van der Waals surface area contributed by atoms with Crippen molar-refractivity contribution in [2.24, 2.45) is 5.14 Å². The van der Waals surface area contributed by atoms with Crippen LogP contribution in [0.4, 0.5) is 0 Å². The molecule has 0 aliphatic carbocycles. The molecule has 0 unspecified atom stereocenters. The summed E-state index contributed by atoms with van der Waals surface area (Å²) in [5.41, 5.74) is 0.363. The second-order valence-electron chi connectivity index (χ2n) is 2.62. The number of allylic oxidation sites excluding steroid dienone is 3. The first kappa shape index (κ1) is 12.1. The molecule has 0 rings (SSSR count). The highest BCUT2D eigenvalue weighted by molar-refractivity contribution is 7.93. The van der Waals surface area contributed by atoms with E-state index in [2.05, 4.69) is 0 Å². The molecule has 0 aromatic rings. The van der Waals surface area contributed by atoms with E-state index in [1.54, 1.807) is 6.92 Å². The molecular formula is C8H13NO3S. The van der Waals surface area contributed by atoms with E-state index < -0.39 is 10.0 Å². The minimum absolute atomic E-state index is 0.0415. The molecule has 0 radical (unpaired) electrons. The highest BCUT2D eigenvalue weighted by Gasteiger charge is 2.09. The zero-order valence-electron chi connectivity index (χ0n) is 7.87. The van der Waals surface area contributed by atoms with Crippen LogP contribution in [-0.4, -0.2) is 14.2 Å². The van der Waals surface area contributed by atoms with Crippen LogP contribution < -0.4 is 5.14 Å². The van der Waals surface area contributed by atoms with E-state index in [0.29, 0.717) is 5.57 Å². The lowest BCUT2D eigenvalue weighted by Crippen LogP contribution is -2.13. The molecule has 0 fully saturated rings. The first-order chi connectivity index (χ1) is 5.79. The number of Topliss-reactive ketones (excluding diaryl/α,β-unsaturated/α-hetero) is 1. The third-order valence-corrected chi connectivity index (χ3v) is 2.54. The fourth-order valence-electron chi connectivity index (χ4n) is 0.645. The zero-order chi connectivity index (χ0) is 10.6. The summed E-state index contributed by atoms with van der Waals surface area (Å²) in [6.07, 6.45) is 2.61. The molecule has 2 N–H and O–H groups in total. The lowest BCUT2D eigenvalue weighted by molar-refractivity contribution is -0.113. The largest absolute Gasteiger partial charge is 0.295 e. The minimum Gasteiger partial charge on any atom is -0.295 e. The lowest BCUT2D eigenvalue weighted by atomic mass is 10.2. The molecular weight excluding hydrogens is 190 g/mol. The zero-order valence-corrected chi connectivity index (χ0v) is 8.68. The quantitative estimate of drug-likeness (QED) is 0.542. The van der Waals surface area contributed by atoms with E-state index in [0.717, 1.165) is 0 Å². The maximum Gasteiger partial charge on any atom is 0.237 e. The Kier molecular flexibility index (Phi) is 4.03. The minimum atomic E-state index is -3.71. The number of primary sulfonamides is 1. The van der Waals surface area contributed by atoms with Crippen LogP contribution in [-0.2, 0) is 14.8 Å². The van der Waals surface area contributed by atoms with Gasteiger partial charge in [0.15, 0.2) is 5.78 Å². The fourth-order valence-corrected chi connectivity index (χ4v) is 1.31. The van der Waals surface area contributed by atoms with Gasteiger partial charge in [0.25, 0.3) is 0 Å². The molecule has 0 aromatic heterocycles. The lowest BCUT2D eigenvalue weighted by Gasteiger charge is -1.99. The van der Waals surface area contributed by atoms with Crippen molar-refractivity contribution in [3.63, 3.8) is 0 Å². The van der Waals surface area contributed by atoms with Crippen molar-refractivity contribution in [1.29, 1.82) is 0 Å². The molecule has 4 nitrogen and oxygen atoms in total. The second-order valence-corrected chi connectivity index (χ2v) is 4.18. The Bertz CT molecular complexity index is 363. The average Bonchev–Trinajstić information content (AvgIpc) is 1.96. The second kappa shape index (κ2) is 4.34. The third-order valence-electron chi connectivity index (χ3n) is 1.53. The number of nitrogens with two attached hydrogens (primary N) is 1. The topological polar surface area (TPSA) is 77.2 Å². The smallest absolute Gasteiger partial charge is 0.237 e. The van der Waals surface area contributed by atoms with Crippen molar-refractivity contribution in [2.75, 3.05) is 0 Å². The number of carbonyl (C=O) groups excluding carboxylic acids is 1. The molecule has 0 heterocycles. The van der Waals surface area contributed by atoms with E-state index in [1.807, 2.05) is 0 Å². The van der Waals surface area contributed by atoms with Crippen molar-refractivity contribution in [3.8, 4) is 0 Å². The molecule has 0 aliphatic rings. The van der Waals surface area contributed by atoms with Gasteiger partial charge >= 0.3 is 0 Å². The van der Waals surface area contributed by atoms with Crippen LogP contribution in [0.15, 0.2) is 22.6 Å². The van der Waals surface area contributed by atoms with Gasteiger partial charge in [0, 0.05) is 0 Å². The van der Waals surface area contributed by atoms with Crippen molar-refractivity contribution >= 4 is 15.8 Å². The van der Waals surface area contributed by atoms with Gasteiger partial charge in [-0.25, -0.2) is 13.6 Å². The van der Waals surface area contributed by atoms with Crippen LogP contribution in [0.25, 0.3) is 0 Å². The highest BCUT2D eigenvalue weighted by atomic mass is 32.2. The molecule has 0 spiro atoms. The Morgan fingerprint density at radius 2 is 1.77 bits per heavy atom. The first-order valence-corrected chi connectivity index (χ1v) is 5.22. The van der Waals surface area contributed by atoms with Gasteiger partial charge in [-0.3, -0.25) is 4.79 Å². The Morgan fingerprint density at radius 1 is 1.31 bits per heavy atom. The summed E-state index contributed by atoms with van der Waals surface area (Å²) in [5, 5.41) is 4.89. The molecule has 0 bridgehead atoms. The predicted octanol–water partition coefficient (Wildman–Crippen LogP) is 0.714. The van der Waals surface area contributed by atoms with Gasteiger partial charge in [0.1, 0.15) is 0 Å². The maximum absolute atomic E-state index is 10.9. The van der Waals surface area contributed by atoms with Crippen LogP contribution >= 0.6 is 0 Å². The molecule has 0 atom stereocenters. The van der Waals surface area contributed by atoms with Gasteiger partial charge in [-0.15, -0.1) is 0 Å². The van der Waals surface area contributed by atoms with Crippen LogP contribution in [0.2, 0.25) is 0 Å². The summed E-state index contributed by atoms with van der Waals surface area (Å²) in [7, 11) is -3.71. The van der Waals surface area contributed by atoms with Crippen LogP contribution in [0.3, 0.4) is 0 Å². The van der Waals surface area contributed by atoms with E-state index in [-0.39, 0.29) is 10.7 Å². The predicted molar refractivity (Wildman–Crippen MR) is 51.3 cm³/mol. The summed E-state index contributed by atoms with van der Waals surface area (Å²) >= 11 is 0. The number of hydrogen-bond acceptors (Lipinski definition) is 3. The van der Waals surface area contributed by atoms with Crippen LogP contribution in [0.1, 0.15) is 20.8 Å². The summed E-state index contributed by atoms with van der Waals surface area (Å²) in [6, 6.07) is 0. The van der Waals surface area contributed by atoms with Crippen molar-refractivity contribution in [1.82, 2.24) is 0 Å². The molecule has 0 saturated carbocycles. The standard InChI is InChI=1S/C8H13NO3S/c1-4-8(13(9,11)12)5-6(2)7(3)10/h4-5H,1-3H3,(H2,9,11,12)/b6-5+,8-4+. The Balaban J connectivity index is 5.11. The summed E-state index contributed by atoms with van der Waals surface area (Å²) in [4.78, 5) is 10.7. The van der Waals surface area contributed by atoms with Crippen molar-refractivity contribution in [3.05, 3.63) is 22.6 Å². The van der Waals surface area contributed by atoms with Crippen LogP contribution in [0, 0.1) is 0 Å². The number of carbonyl (C=O) groups is 1. The van der Waals surface area contributed by atoms with Gasteiger partial charge in [0.2, 0.25) is 10.0 Å². The van der Waals surface area contributed by atoms with Crippen molar-refractivity contribution < 1.29 is 13.2 Å². The summed E-state index contributed by atoms with van der Waals surface area (Å²) in [6.45, 7) is 4.45. The molecule has 74 valence electrons. The third kappa shape index (κ3) is 4.00. The van der Waals surface area contributed by atoms with Gasteiger partial charge in [-0.2, -0.15) is 0 Å². The number of hydrogen-bond donors (Lipinski definition) is 1. The molecule has 0 aromatic carbocycles. The van der Waals surface area contributed by atoms with Gasteiger partial charge < -0.3 is 0 Å². The van der Waals surface area contributed by atoms with Crippen LogP contribution in [0.5, 0.6) is 0 Å². The number of ketones is 1. The molecule has 0 saturated heterocycles. The SMILES string of the molecule is C/C=C(\C=C(/C)C(C)=O)S(N)(=O)=O. The maximum atomic E-state index is 10.9. The molecule has 0 amide bonds. The monoisotopic (exact) mass is 203 g/mol. The van der Waals surface area contributed by atoms with Gasteiger partial charge in [0.05, 0.1) is 4.91 Å². The van der Waals surface area contributed by atoms with Crippen molar-refractivity contribution in [2.45, 2.75) is 20.8 Å². The fraction of sp³-hybridized carbons (Fsp3) is 0.375. The summed E-state index contributed by atoms with van der Waals surface area (Å²) in [5.74, 6) is -0.178. The molecule has 13 heavy (non-hydrogen) atoms. The summed E-state index contributed by atoms with van der Waals surface area (Å²) < 4.78 is 21.7. The number of sulfonamides is 1. The van der Waals surface area contributed by atoms with E-state index in [9.17, 15) is 13.2 Å². The molecule has 0 aliphatic heterocycles. The van der Waals surface area contributed by atoms with E-state index >= 15 is 0 Å². The highest BCUT2D eigenvalue weighted by Crippen LogP contribution is 2.07.